The van der Waals surface area contributed by atoms with E-state index in [1.165, 1.54) is 178 Å². The lowest BCUT2D eigenvalue weighted by Gasteiger charge is -2.23. The van der Waals surface area contributed by atoms with E-state index in [1.54, 1.807) is 0 Å². The summed E-state index contributed by atoms with van der Waals surface area (Å²) in [5.74, 6) is 0. The van der Waals surface area contributed by atoms with E-state index in [0.29, 0.717) is 6.04 Å². The van der Waals surface area contributed by atoms with Crippen molar-refractivity contribution < 1.29 is 4.84 Å². The lowest BCUT2D eigenvalue weighted by atomic mass is 10.0. The molecule has 0 saturated carbocycles. The van der Waals surface area contributed by atoms with Crippen LogP contribution in [0.1, 0.15) is 186 Å². The predicted molar refractivity (Wildman–Crippen MR) is 174 cm³/mol. The Hall–Kier alpha value is -1.02. The zero-order valence-corrected chi connectivity index (χ0v) is 26.5. The molecule has 1 aromatic rings. The van der Waals surface area contributed by atoms with Crippen molar-refractivity contribution >= 4 is 5.69 Å². The second-order valence-electron chi connectivity index (χ2n) is 12.7. The van der Waals surface area contributed by atoms with Crippen LogP contribution < -0.4 is 5.06 Å². The molecule has 1 aromatic carbocycles. The highest BCUT2D eigenvalue weighted by Gasteiger charge is 2.26. The normalized spacial score (nSPS) is 14.8. The number of hydrogen-bond acceptors (Lipinski definition) is 2. The Morgan fingerprint density at radius 2 is 0.897 bits per heavy atom. The van der Waals surface area contributed by atoms with Gasteiger partial charge in [-0.25, -0.2) is 0 Å². The maximum atomic E-state index is 6.13. The molecular formula is C37H67NO. The topological polar surface area (TPSA) is 12.5 Å². The van der Waals surface area contributed by atoms with Crippen molar-refractivity contribution in [1.82, 2.24) is 0 Å². The lowest BCUT2D eigenvalue weighted by molar-refractivity contribution is 0.0921. The molecular weight excluding hydrogens is 474 g/mol. The average Bonchev–Trinajstić information content (AvgIpc) is 3.27. The van der Waals surface area contributed by atoms with E-state index in [9.17, 15) is 0 Å². The minimum Gasteiger partial charge on any atom is -0.273 e. The smallest absolute Gasteiger partial charge is 0.0748 e. The molecule has 1 atom stereocenters. The summed E-state index contributed by atoms with van der Waals surface area (Å²) in [7, 11) is 0. The van der Waals surface area contributed by atoms with Crippen molar-refractivity contribution in [2.75, 3.05) is 11.7 Å². The Bertz CT molecular complexity index is 659. The Morgan fingerprint density at radius 3 is 1.31 bits per heavy atom. The minimum atomic E-state index is 0.464. The van der Waals surface area contributed by atoms with Gasteiger partial charge in [-0.1, -0.05) is 186 Å². The third kappa shape index (κ3) is 17.4. The van der Waals surface area contributed by atoms with E-state index < -0.39 is 0 Å². The summed E-state index contributed by atoms with van der Waals surface area (Å²) >= 11 is 0. The maximum Gasteiger partial charge on any atom is 0.0748 e. The van der Waals surface area contributed by atoms with Crippen LogP contribution in [0.3, 0.4) is 0 Å². The summed E-state index contributed by atoms with van der Waals surface area (Å²) in [6.45, 7) is 5.43. The van der Waals surface area contributed by atoms with Crippen LogP contribution in [0.25, 0.3) is 0 Å². The van der Waals surface area contributed by atoms with Crippen LogP contribution in [0.15, 0.2) is 24.3 Å². The molecule has 1 heterocycles. The number of rotatable bonds is 28. The molecule has 2 rings (SSSR count). The summed E-state index contributed by atoms with van der Waals surface area (Å²) in [4.78, 5) is 6.13. The molecule has 1 aliphatic heterocycles. The number of anilines is 1. The molecule has 1 unspecified atom stereocenters. The molecule has 0 N–H and O–H groups in total. The second-order valence-corrected chi connectivity index (χ2v) is 12.7. The molecule has 0 aliphatic carbocycles. The molecule has 0 aromatic heterocycles. The van der Waals surface area contributed by atoms with Crippen molar-refractivity contribution in [2.24, 2.45) is 0 Å². The van der Waals surface area contributed by atoms with Crippen LogP contribution in [0, 0.1) is 0 Å². The second kappa shape index (κ2) is 24.8. The molecule has 0 bridgehead atoms. The Labute approximate surface area is 245 Å². The van der Waals surface area contributed by atoms with Gasteiger partial charge >= 0.3 is 0 Å². The predicted octanol–water partition coefficient (Wildman–Crippen LogP) is 12.5. The van der Waals surface area contributed by atoms with Gasteiger partial charge in [0.2, 0.25) is 0 Å². The van der Waals surface area contributed by atoms with Gasteiger partial charge in [-0.05, 0) is 31.4 Å². The zero-order chi connectivity index (χ0) is 27.6. The number of benzene rings is 1. The third-order valence-electron chi connectivity index (χ3n) is 8.87. The molecule has 0 amide bonds. The van der Waals surface area contributed by atoms with Crippen LogP contribution in [0.5, 0.6) is 0 Å². The van der Waals surface area contributed by atoms with Crippen LogP contribution in [0.2, 0.25) is 0 Å². The zero-order valence-electron chi connectivity index (χ0n) is 26.5. The van der Waals surface area contributed by atoms with Crippen molar-refractivity contribution in [2.45, 2.75) is 193 Å². The number of nitrogens with zero attached hydrogens (tertiary/aromatic N) is 1. The van der Waals surface area contributed by atoms with E-state index in [-0.39, 0.29) is 0 Å². The van der Waals surface area contributed by atoms with Crippen molar-refractivity contribution in [3.63, 3.8) is 0 Å². The summed E-state index contributed by atoms with van der Waals surface area (Å²) in [6.07, 6.45) is 38.6. The summed E-state index contributed by atoms with van der Waals surface area (Å²) in [5.41, 5.74) is 2.70. The van der Waals surface area contributed by atoms with E-state index in [0.717, 1.165) is 13.0 Å². The molecule has 39 heavy (non-hydrogen) atoms. The summed E-state index contributed by atoms with van der Waals surface area (Å²) in [6, 6.07) is 9.15. The first-order chi connectivity index (χ1) is 19.3. The van der Waals surface area contributed by atoms with Gasteiger partial charge in [0.25, 0.3) is 0 Å². The van der Waals surface area contributed by atoms with E-state index in [1.807, 2.05) is 0 Å². The van der Waals surface area contributed by atoms with Crippen molar-refractivity contribution in [3.05, 3.63) is 29.8 Å². The average molecular weight is 542 g/mol. The number of unbranched alkanes of at least 4 members (excludes halogenated alkanes) is 25. The number of para-hydroxylation sites is 1. The highest BCUT2D eigenvalue weighted by atomic mass is 16.7. The lowest BCUT2D eigenvalue weighted by Crippen LogP contribution is -2.29. The first kappa shape index (κ1) is 34.2. The summed E-state index contributed by atoms with van der Waals surface area (Å²) < 4.78 is 0. The van der Waals surface area contributed by atoms with Gasteiger partial charge in [0.1, 0.15) is 0 Å². The fourth-order valence-electron chi connectivity index (χ4n) is 6.31. The molecule has 0 spiro atoms. The van der Waals surface area contributed by atoms with Crippen molar-refractivity contribution in [1.29, 1.82) is 0 Å². The van der Waals surface area contributed by atoms with Gasteiger partial charge in [-0.15, -0.1) is 0 Å². The van der Waals surface area contributed by atoms with Gasteiger partial charge in [0, 0.05) is 0 Å². The standard InChI is InChI=1S/C37H67NO/c1-3-4-5-6-7-8-9-10-11-12-13-14-15-16-17-18-19-20-21-22-23-24-25-26-27-30-33-39-38-35(2)34-36-31-28-29-32-37(36)38/h28-29,31-32,35H,3-27,30,33-34H2,1-2H3. The van der Waals surface area contributed by atoms with Crippen LogP contribution in [0.4, 0.5) is 5.69 Å². The monoisotopic (exact) mass is 542 g/mol. The fraction of sp³-hybridized carbons (Fsp3) is 0.838. The summed E-state index contributed by atoms with van der Waals surface area (Å²) in [5, 5.41) is 2.15. The fourth-order valence-corrected chi connectivity index (χ4v) is 6.31. The van der Waals surface area contributed by atoms with Gasteiger partial charge in [-0.2, -0.15) is 0 Å². The number of fused-ring (bicyclic) bond motifs is 1. The quantitative estimate of drug-likeness (QED) is 0.0978. The molecule has 0 saturated heterocycles. The Balaban J connectivity index is 1.20. The Kier molecular flexibility index (Phi) is 21.7. The van der Waals surface area contributed by atoms with E-state index in [4.69, 9.17) is 4.84 Å². The first-order valence-electron chi connectivity index (χ1n) is 17.8. The molecule has 0 fully saturated rings. The SMILES string of the molecule is CCCCCCCCCCCCCCCCCCCCCCCCCCCCON1c2ccccc2CC1C. The third-order valence-corrected chi connectivity index (χ3v) is 8.87. The van der Waals surface area contributed by atoms with E-state index in [2.05, 4.69) is 43.2 Å². The largest absolute Gasteiger partial charge is 0.273 e. The van der Waals surface area contributed by atoms with Gasteiger partial charge in [0.15, 0.2) is 0 Å². The highest BCUT2D eigenvalue weighted by molar-refractivity contribution is 5.56. The van der Waals surface area contributed by atoms with Gasteiger partial charge in [0.05, 0.1) is 18.3 Å². The van der Waals surface area contributed by atoms with Crippen LogP contribution in [-0.4, -0.2) is 12.6 Å². The molecule has 0 radical (unpaired) electrons. The Morgan fingerprint density at radius 1 is 0.538 bits per heavy atom. The number of hydroxylamine groups is 1. The maximum absolute atomic E-state index is 6.13. The minimum absolute atomic E-state index is 0.464. The van der Waals surface area contributed by atoms with Crippen LogP contribution in [-0.2, 0) is 11.3 Å². The highest BCUT2D eigenvalue weighted by Crippen LogP contribution is 2.32. The van der Waals surface area contributed by atoms with Crippen LogP contribution >= 0.6 is 0 Å². The van der Waals surface area contributed by atoms with Gasteiger partial charge in [-0.3, -0.25) is 9.90 Å². The molecule has 2 heteroatoms. The van der Waals surface area contributed by atoms with Gasteiger partial charge < -0.3 is 0 Å². The molecule has 2 nitrogen and oxygen atoms in total. The van der Waals surface area contributed by atoms with E-state index >= 15 is 0 Å². The first-order valence-corrected chi connectivity index (χ1v) is 17.8. The molecule has 1 aliphatic rings. The molecule has 226 valence electrons. The van der Waals surface area contributed by atoms with Crippen molar-refractivity contribution in [3.8, 4) is 0 Å². The number of hydrogen-bond donors (Lipinski definition) is 0.